The highest BCUT2D eigenvalue weighted by atomic mass is 35.5. The minimum absolute atomic E-state index is 0.000292. The van der Waals surface area contributed by atoms with Crippen molar-refractivity contribution in [3.8, 4) is 28.7 Å². The topological polar surface area (TPSA) is 111 Å². The fourth-order valence-electron chi connectivity index (χ4n) is 6.39. The number of carbonyl (C=O) groups excluding carboxylic acids is 1. The number of ether oxygens (including phenoxy) is 3. The summed E-state index contributed by atoms with van der Waals surface area (Å²) in [4.78, 5) is 40.3. The third kappa shape index (κ3) is 8.25. The Morgan fingerprint density at radius 3 is 2.45 bits per heavy atom. The Kier molecular flexibility index (Phi) is 11.1. The fourth-order valence-corrected chi connectivity index (χ4v) is 6.67. The monoisotopic (exact) mass is 790 g/mol. The Labute approximate surface area is 323 Å². The molecule has 16 heteroatoms. The van der Waals surface area contributed by atoms with E-state index in [1.54, 1.807) is 18.2 Å². The van der Waals surface area contributed by atoms with E-state index in [0.717, 1.165) is 69.6 Å². The molecular weight excluding hydrogens is 756 g/mol. The molecule has 1 aliphatic heterocycles. The van der Waals surface area contributed by atoms with E-state index in [-0.39, 0.29) is 38.9 Å². The first-order chi connectivity index (χ1) is 26.9. The molecule has 1 saturated heterocycles. The SMILES string of the molecule is COc1cc2c(Oc3ccc(NC(=O)c4cn(-c5ccc(C(F)(F)F)cc5Cl)c5ncccc5c4=O)cc3F)ccnc2cc1OCCCN1CCN(C)CC1. The number of hydrogen-bond donors (Lipinski definition) is 1. The first-order valence-corrected chi connectivity index (χ1v) is 17.9. The molecule has 1 aliphatic rings. The van der Waals surface area contributed by atoms with Crippen molar-refractivity contribution in [1.29, 1.82) is 0 Å². The van der Waals surface area contributed by atoms with Crippen LogP contribution in [0.5, 0.6) is 23.0 Å². The summed E-state index contributed by atoms with van der Waals surface area (Å²) >= 11 is 6.27. The number of pyridine rings is 3. The molecule has 0 radical (unpaired) electrons. The lowest BCUT2D eigenvalue weighted by Gasteiger charge is -2.32. The number of fused-ring (bicyclic) bond motifs is 2. The Bertz CT molecular complexity index is 2490. The molecule has 290 valence electrons. The number of nitrogens with one attached hydrogen (secondary N) is 1. The Morgan fingerprint density at radius 2 is 1.71 bits per heavy atom. The molecule has 0 unspecified atom stereocenters. The first kappa shape index (κ1) is 38.5. The van der Waals surface area contributed by atoms with Gasteiger partial charge in [-0.15, -0.1) is 0 Å². The molecule has 11 nitrogen and oxygen atoms in total. The number of anilines is 1. The number of aromatic nitrogens is 3. The van der Waals surface area contributed by atoms with Gasteiger partial charge in [-0.05, 0) is 68.1 Å². The number of alkyl halides is 3. The molecule has 0 atom stereocenters. The van der Waals surface area contributed by atoms with Crippen LogP contribution in [0, 0.1) is 5.82 Å². The molecule has 0 aliphatic carbocycles. The van der Waals surface area contributed by atoms with Crippen LogP contribution in [0.15, 0.2) is 90.1 Å². The van der Waals surface area contributed by atoms with Gasteiger partial charge in [-0.3, -0.25) is 19.1 Å². The molecule has 4 heterocycles. The number of rotatable bonds is 11. The summed E-state index contributed by atoms with van der Waals surface area (Å²) in [6.45, 7) is 5.56. The molecule has 56 heavy (non-hydrogen) atoms. The largest absolute Gasteiger partial charge is 0.493 e. The van der Waals surface area contributed by atoms with E-state index < -0.39 is 34.5 Å². The number of carbonyl (C=O) groups is 1. The van der Waals surface area contributed by atoms with Crippen LogP contribution in [0.25, 0.3) is 27.6 Å². The molecule has 3 aromatic carbocycles. The number of halogens is 5. The van der Waals surface area contributed by atoms with Gasteiger partial charge >= 0.3 is 6.18 Å². The number of amides is 1. The summed E-state index contributed by atoms with van der Waals surface area (Å²) in [5, 5.41) is 2.77. The number of nitrogens with zero attached hydrogens (tertiary/aromatic N) is 5. The standard InChI is InChI=1S/C40H35ClF4N6O5/c1-49-14-16-50(17-15-49)13-4-18-55-36-22-31-27(21-35(36)54-2)33(10-12-46-31)56-34-9-7-25(20-30(34)42)48-39(53)28-23-51(38-26(37(28)52)5-3-11-47-38)32-8-6-24(19-29(32)41)40(43,44)45/h3,5-12,19-23H,4,13-18H2,1-2H3,(H,48,53). The average molecular weight is 791 g/mol. The van der Waals surface area contributed by atoms with E-state index in [1.165, 1.54) is 48.3 Å². The van der Waals surface area contributed by atoms with Crippen molar-refractivity contribution in [2.75, 3.05) is 58.8 Å². The number of piperazine rings is 1. The molecule has 0 spiro atoms. The highest BCUT2D eigenvalue weighted by Gasteiger charge is 2.31. The van der Waals surface area contributed by atoms with Gasteiger partial charge in [-0.1, -0.05) is 11.6 Å². The second kappa shape index (κ2) is 16.1. The maximum atomic E-state index is 15.5. The highest BCUT2D eigenvalue weighted by Crippen LogP contribution is 2.38. The zero-order chi connectivity index (χ0) is 39.6. The van der Waals surface area contributed by atoms with Crippen LogP contribution in [0.4, 0.5) is 23.2 Å². The maximum Gasteiger partial charge on any atom is 0.416 e. The predicted octanol–water partition coefficient (Wildman–Crippen LogP) is 7.81. The summed E-state index contributed by atoms with van der Waals surface area (Å²) in [5.41, 5.74) is -1.43. The maximum absolute atomic E-state index is 15.5. The lowest BCUT2D eigenvalue weighted by Crippen LogP contribution is -2.44. The quantitative estimate of drug-likeness (QED) is 0.104. The van der Waals surface area contributed by atoms with Gasteiger partial charge in [-0.2, -0.15) is 13.2 Å². The molecule has 0 bridgehead atoms. The first-order valence-electron chi connectivity index (χ1n) is 17.6. The molecule has 1 N–H and O–H groups in total. The smallest absolute Gasteiger partial charge is 0.416 e. The van der Waals surface area contributed by atoms with Crippen LogP contribution in [0.3, 0.4) is 0 Å². The van der Waals surface area contributed by atoms with Crippen molar-refractivity contribution in [1.82, 2.24) is 24.3 Å². The Balaban J connectivity index is 1.08. The van der Waals surface area contributed by atoms with Crippen molar-refractivity contribution < 1.29 is 36.6 Å². The van der Waals surface area contributed by atoms with Crippen LogP contribution in [0.1, 0.15) is 22.3 Å². The van der Waals surface area contributed by atoms with Gasteiger partial charge in [-0.25, -0.2) is 9.37 Å². The van der Waals surface area contributed by atoms with Crippen LogP contribution < -0.4 is 25.0 Å². The lowest BCUT2D eigenvalue weighted by atomic mass is 10.1. The number of benzene rings is 3. The van der Waals surface area contributed by atoms with Gasteiger partial charge in [0.1, 0.15) is 17.0 Å². The van der Waals surface area contributed by atoms with Crippen LogP contribution in [-0.4, -0.2) is 83.7 Å². The molecule has 3 aromatic heterocycles. The number of hydrogen-bond acceptors (Lipinski definition) is 9. The van der Waals surface area contributed by atoms with Gasteiger partial charge in [0, 0.05) is 74.5 Å². The lowest BCUT2D eigenvalue weighted by molar-refractivity contribution is -0.137. The third-order valence-corrected chi connectivity index (χ3v) is 9.71. The van der Waals surface area contributed by atoms with Crippen molar-refractivity contribution >= 4 is 45.1 Å². The van der Waals surface area contributed by atoms with Crippen molar-refractivity contribution in [3.63, 3.8) is 0 Å². The zero-order valence-electron chi connectivity index (χ0n) is 30.2. The summed E-state index contributed by atoms with van der Waals surface area (Å²) in [5.74, 6) is -0.622. The second-order valence-corrected chi connectivity index (χ2v) is 13.6. The number of methoxy groups -OCH3 is 1. The minimum Gasteiger partial charge on any atom is -0.493 e. The highest BCUT2D eigenvalue weighted by molar-refractivity contribution is 6.32. The second-order valence-electron chi connectivity index (χ2n) is 13.2. The van der Waals surface area contributed by atoms with Gasteiger partial charge < -0.3 is 29.3 Å². The molecule has 1 fully saturated rings. The van der Waals surface area contributed by atoms with E-state index in [0.29, 0.717) is 29.0 Å². The summed E-state index contributed by atoms with van der Waals surface area (Å²) in [7, 11) is 3.65. The van der Waals surface area contributed by atoms with E-state index in [2.05, 4.69) is 32.1 Å². The van der Waals surface area contributed by atoms with E-state index in [1.807, 2.05) is 0 Å². The van der Waals surface area contributed by atoms with Gasteiger partial charge in [0.2, 0.25) is 5.43 Å². The molecule has 6 aromatic rings. The van der Waals surface area contributed by atoms with Crippen molar-refractivity contribution in [2.24, 2.45) is 0 Å². The summed E-state index contributed by atoms with van der Waals surface area (Å²) in [6.07, 6.45) is 0.237. The van der Waals surface area contributed by atoms with Gasteiger partial charge in [0.15, 0.2) is 23.1 Å². The minimum atomic E-state index is -4.64. The van der Waals surface area contributed by atoms with Gasteiger partial charge in [0.05, 0.1) is 40.9 Å². The van der Waals surface area contributed by atoms with Crippen molar-refractivity contribution in [2.45, 2.75) is 12.6 Å². The molecule has 7 rings (SSSR count). The zero-order valence-corrected chi connectivity index (χ0v) is 31.0. The fraction of sp³-hybridized carbons (Fsp3) is 0.250. The Morgan fingerprint density at radius 1 is 0.911 bits per heavy atom. The van der Waals surface area contributed by atoms with Crippen LogP contribution in [0.2, 0.25) is 5.02 Å². The van der Waals surface area contributed by atoms with E-state index >= 15 is 4.39 Å². The molecule has 1 amide bonds. The van der Waals surface area contributed by atoms with E-state index in [4.69, 9.17) is 25.8 Å². The summed E-state index contributed by atoms with van der Waals surface area (Å²) < 4.78 is 74.4. The Hall–Kier alpha value is -5.77. The van der Waals surface area contributed by atoms with Crippen molar-refractivity contribution in [3.05, 3.63) is 118 Å². The average Bonchev–Trinajstić information content (AvgIpc) is 3.18. The third-order valence-electron chi connectivity index (χ3n) is 9.41. The van der Waals surface area contributed by atoms with Crippen LogP contribution >= 0.6 is 11.6 Å². The normalized spacial score (nSPS) is 13.9. The molecule has 0 saturated carbocycles. The van der Waals surface area contributed by atoms with E-state index in [9.17, 15) is 22.8 Å². The van der Waals surface area contributed by atoms with Gasteiger partial charge in [0.25, 0.3) is 5.91 Å². The summed E-state index contributed by atoms with van der Waals surface area (Å²) in [6, 6.07) is 14.4. The number of likely N-dealkylation sites (N-methyl/N-ethyl adjacent to an activating group) is 1. The van der Waals surface area contributed by atoms with Crippen LogP contribution in [-0.2, 0) is 6.18 Å². The molecular formula is C40H35ClF4N6O5. The predicted molar refractivity (Wildman–Crippen MR) is 204 cm³/mol.